The van der Waals surface area contributed by atoms with Crippen LogP contribution in [0, 0.1) is 0 Å². The molecule has 2 saturated heterocycles. The Morgan fingerprint density at radius 2 is 2.00 bits per heavy atom. The number of benzene rings is 1. The molecule has 174 valence electrons. The summed E-state index contributed by atoms with van der Waals surface area (Å²) in [5, 5.41) is 3.32. The maximum atomic E-state index is 11.2. The Labute approximate surface area is 194 Å². The molecule has 8 heteroatoms. The Bertz CT molecular complexity index is 866. The summed E-state index contributed by atoms with van der Waals surface area (Å²) in [7, 11) is 1.36. The van der Waals surface area contributed by atoms with Crippen LogP contribution in [0.4, 0.5) is 5.13 Å². The highest BCUT2D eigenvalue weighted by molar-refractivity contribution is 7.13. The Morgan fingerprint density at radius 1 is 1.22 bits per heavy atom. The first-order valence-corrected chi connectivity index (χ1v) is 12.3. The maximum Gasteiger partial charge on any atom is 0.343 e. The van der Waals surface area contributed by atoms with Gasteiger partial charge in [0.15, 0.2) is 11.7 Å². The van der Waals surface area contributed by atoms with E-state index in [0.717, 1.165) is 50.0 Å². The van der Waals surface area contributed by atoms with Gasteiger partial charge in [-0.25, -0.2) is 9.78 Å². The van der Waals surface area contributed by atoms with Crippen molar-refractivity contribution in [3.8, 4) is 5.75 Å². The molecule has 7 nitrogen and oxygen atoms in total. The van der Waals surface area contributed by atoms with E-state index in [2.05, 4.69) is 39.0 Å². The third-order valence-corrected chi connectivity index (χ3v) is 7.15. The summed E-state index contributed by atoms with van der Waals surface area (Å²) >= 11 is 1.75. The monoisotopic (exact) mass is 459 g/mol. The summed E-state index contributed by atoms with van der Waals surface area (Å²) in [6.07, 6.45) is 4.84. The number of carbonyl (C=O) groups excluding carboxylic acids is 1. The Hall–Kier alpha value is -2.16. The molecular weight excluding hydrogens is 426 g/mol. The summed E-state index contributed by atoms with van der Waals surface area (Å²) in [6, 6.07) is 8.33. The lowest BCUT2D eigenvalue weighted by molar-refractivity contribution is -0.142. The number of esters is 1. The zero-order valence-electron chi connectivity index (χ0n) is 19.0. The molecule has 0 aliphatic carbocycles. The minimum atomic E-state index is -0.382. The molecule has 0 bridgehead atoms. The minimum absolute atomic E-state index is 0.0371. The average molecular weight is 460 g/mol. The fourth-order valence-electron chi connectivity index (χ4n) is 4.30. The van der Waals surface area contributed by atoms with E-state index in [9.17, 15) is 4.79 Å². The second-order valence-electron chi connectivity index (χ2n) is 8.52. The lowest BCUT2D eigenvalue weighted by Gasteiger charge is -2.36. The van der Waals surface area contributed by atoms with Gasteiger partial charge in [-0.3, -0.25) is 4.90 Å². The Kier molecular flexibility index (Phi) is 8.00. The number of morpholine rings is 1. The summed E-state index contributed by atoms with van der Waals surface area (Å²) in [5.74, 6) is 0.291. The van der Waals surface area contributed by atoms with Crippen LogP contribution in [0.15, 0.2) is 29.6 Å². The van der Waals surface area contributed by atoms with Crippen molar-refractivity contribution in [2.45, 2.75) is 44.8 Å². The van der Waals surface area contributed by atoms with Crippen LogP contribution in [-0.4, -0.2) is 68.4 Å². The first-order valence-electron chi connectivity index (χ1n) is 11.5. The predicted octanol–water partition coefficient (Wildman–Crippen LogP) is 3.69. The van der Waals surface area contributed by atoms with Crippen molar-refractivity contribution in [1.82, 2.24) is 9.88 Å². The number of carbonyl (C=O) groups is 1. The van der Waals surface area contributed by atoms with Gasteiger partial charge in [-0.2, -0.15) is 0 Å². The van der Waals surface area contributed by atoms with Crippen molar-refractivity contribution in [1.29, 1.82) is 0 Å². The molecule has 1 aromatic carbocycles. The van der Waals surface area contributed by atoms with Crippen LogP contribution < -0.4 is 9.64 Å². The van der Waals surface area contributed by atoms with Crippen LogP contribution in [0.1, 0.15) is 43.5 Å². The van der Waals surface area contributed by atoms with E-state index < -0.39 is 0 Å². The molecule has 0 radical (unpaired) electrons. The highest BCUT2D eigenvalue weighted by Crippen LogP contribution is 2.30. The molecule has 2 aliphatic rings. The molecule has 1 aromatic heterocycles. The predicted molar refractivity (Wildman–Crippen MR) is 126 cm³/mol. The quantitative estimate of drug-likeness (QED) is 0.558. The fraction of sp³-hybridized carbons (Fsp3) is 0.583. The number of ether oxygens (including phenoxy) is 3. The smallest absolute Gasteiger partial charge is 0.343 e. The van der Waals surface area contributed by atoms with E-state index in [-0.39, 0.29) is 18.7 Å². The van der Waals surface area contributed by atoms with Gasteiger partial charge in [0.05, 0.1) is 19.4 Å². The third kappa shape index (κ3) is 5.99. The van der Waals surface area contributed by atoms with Gasteiger partial charge in [-0.15, -0.1) is 11.3 Å². The van der Waals surface area contributed by atoms with Crippen molar-refractivity contribution in [3.05, 3.63) is 40.9 Å². The number of hydrogen-bond donors (Lipinski definition) is 0. The number of aromatic nitrogens is 1. The third-order valence-electron chi connectivity index (χ3n) is 6.23. The lowest BCUT2D eigenvalue weighted by Crippen LogP contribution is -2.44. The van der Waals surface area contributed by atoms with Crippen molar-refractivity contribution in [2.75, 3.05) is 51.4 Å². The molecule has 2 aliphatic heterocycles. The first kappa shape index (κ1) is 23.0. The number of anilines is 1. The summed E-state index contributed by atoms with van der Waals surface area (Å²) in [6.45, 7) is 6.96. The maximum absolute atomic E-state index is 11.2. The molecule has 2 atom stereocenters. The highest BCUT2D eigenvalue weighted by Gasteiger charge is 2.28. The van der Waals surface area contributed by atoms with Crippen LogP contribution in [0.25, 0.3) is 0 Å². The van der Waals surface area contributed by atoms with Crippen molar-refractivity contribution >= 4 is 22.4 Å². The first-order chi connectivity index (χ1) is 15.6. The number of piperidine rings is 1. The Balaban J connectivity index is 1.30. The van der Waals surface area contributed by atoms with Crippen molar-refractivity contribution in [2.24, 2.45) is 0 Å². The van der Waals surface area contributed by atoms with Crippen molar-refractivity contribution < 1.29 is 19.0 Å². The minimum Gasteiger partial charge on any atom is -0.482 e. The molecule has 0 spiro atoms. The van der Waals surface area contributed by atoms with E-state index in [0.29, 0.717) is 11.8 Å². The van der Waals surface area contributed by atoms with Crippen molar-refractivity contribution in [3.63, 3.8) is 0 Å². The second-order valence-corrected chi connectivity index (χ2v) is 9.36. The van der Waals surface area contributed by atoms with Gasteiger partial charge in [0.25, 0.3) is 0 Å². The van der Waals surface area contributed by atoms with Gasteiger partial charge in [-0.05, 0) is 50.3 Å². The van der Waals surface area contributed by atoms with Crippen LogP contribution in [0.3, 0.4) is 0 Å². The SMILES string of the molecule is COC(=O)COc1ccc(CC(C)N2CCOC(c3csc(N4CCCCC4)n3)C2)cc1. The van der Waals surface area contributed by atoms with Gasteiger partial charge in [0, 0.05) is 37.6 Å². The van der Waals surface area contributed by atoms with Gasteiger partial charge >= 0.3 is 5.97 Å². The van der Waals surface area contributed by atoms with E-state index >= 15 is 0 Å². The Morgan fingerprint density at radius 3 is 2.75 bits per heavy atom. The number of methoxy groups -OCH3 is 1. The van der Waals surface area contributed by atoms with Crippen LogP contribution in [0.5, 0.6) is 5.75 Å². The lowest BCUT2D eigenvalue weighted by atomic mass is 10.0. The van der Waals surface area contributed by atoms with Gasteiger partial charge in [0.2, 0.25) is 0 Å². The molecule has 2 aromatic rings. The highest BCUT2D eigenvalue weighted by atomic mass is 32.1. The van der Waals surface area contributed by atoms with E-state index in [1.165, 1.54) is 31.9 Å². The molecule has 4 rings (SSSR count). The number of rotatable bonds is 8. The van der Waals surface area contributed by atoms with Crippen LogP contribution >= 0.6 is 11.3 Å². The zero-order valence-corrected chi connectivity index (χ0v) is 19.8. The molecular formula is C24H33N3O4S. The average Bonchev–Trinajstić information content (AvgIpc) is 3.34. The summed E-state index contributed by atoms with van der Waals surface area (Å²) in [5.41, 5.74) is 2.31. The summed E-state index contributed by atoms with van der Waals surface area (Å²) in [4.78, 5) is 21.1. The molecule has 32 heavy (non-hydrogen) atoms. The fourth-order valence-corrected chi connectivity index (χ4v) is 5.22. The van der Waals surface area contributed by atoms with Crippen LogP contribution in [0.2, 0.25) is 0 Å². The standard InChI is InChI=1S/C24H33N3O4S/c1-18(14-19-6-8-20(9-7-19)31-16-23(28)29-2)27-12-13-30-22(15-27)21-17-32-24(25-21)26-10-4-3-5-11-26/h6-9,17-18,22H,3-5,10-16H2,1-2H3. The van der Waals surface area contributed by atoms with Gasteiger partial charge < -0.3 is 19.1 Å². The molecule has 3 heterocycles. The van der Waals surface area contributed by atoms with E-state index in [4.69, 9.17) is 14.5 Å². The topological polar surface area (TPSA) is 64.1 Å². The van der Waals surface area contributed by atoms with Gasteiger partial charge in [-0.1, -0.05) is 12.1 Å². The van der Waals surface area contributed by atoms with Gasteiger partial charge in [0.1, 0.15) is 11.9 Å². The summed E-state index contributed by atoms with van der Waals surface area (Å²) < 4.78 is 16.1. The number of hydrogen-bond acceptors (Lipinski definition) is 8. The van der Waals surface area contributed by atoms with E-state index in [1.54, 1.807) is 11.3 Å². The van der Waals surface area contributed by atoms with Crippen LogP contribution in [-0.2, 0) is 20.7 Å². The second kappa shape index (κ2) is 11.1. The molecule has 0 N–H and O–H groups in total. The van der Waals surface area contributed by atoms with E-state index in [1.807, 2.05) is 12.1 Å². The zero-order chi connectivity index (χ0) is 22.3. The number of nitrogens with zero attached hydrogens (tertiary/aromatic N) is 3. The number of thiazole rings is 1. The molecule has 0 saturated carbocycles. The molecule has 2 fully saturated rings. The molecule has 2 unspecified atom stereocenters. The normalized spacial score (nSPS) is 20.7. The molecule has 0 amide bonds. The largest absolute Gasteiger partial charge is 0.482 e.